The van der Waals surface area contributed by atoms with Gasteiger partial charge >= 0.3 is 0 Å². The summed E-state index contributed by atoms with van der Waals surface area (Å²) in [6.07, 6.45) is 21.7. The number of fused-ring (bicyclic) bond motifs is 11. The molecule has 4 fully saturated rings. The van der Waals surface area contributed by atoms with Crippen molar-refractivity contribution in [3.8, 4) is 0 Å². The third kappa shape index (κ3) is 20.1. The summed E-state index contributed by atoms with van der Waals surface area (Å²) in [5, 5.41) is 7.36. The highest BCUT2D eigenvalue weighted by Crippen LogP contribution is 2.07. The zero-order valence-electron chi connectivity index (χ0n) is 29.7. The molecule has 256 valence electrons. The molecular formula is C37H73N7. The van der Waals surface area contributed by atoms with E-state index in [4.69, 9.17) is 0 Å². The van der Waals surface area contributed by atoms with Gasteiger partial charge in [0.15, 0.2) is 0 Å². The topological polar surface area (TPSA) is 40.3 Å². The first-order valence-electron chi connectivity index (χ1n) is 18.6. The fourth-order valence-corrected chi connectivity index (χ4v) is 6.33. The average molecular weight is 616 g/mol. The van der Waals surface area contributed by atoms with Gasteiger partial charge in [0.05, 0.1) is 0 Å². The van der Waals surface area contributed by atoms with Crippen LogP contribution in [-0.4, -0.2) is 149 Å². The van der Waals surface area contributed by atoms with Crippen molar-refractivity contribution in [1.29, 1.82) is 0 Å². The van der Waals surface area contributed by atoms with Gasteiger partial charge in [-0.15, -0.1) is 0 Å². The molecule has 2 N–H and O–H groups in total. The van der Waals surface area contributed by atoms with Gasteiger partial charge in [0.25, 0.3) is 0 Å². The van der Waals surface area contributed by atoms with E-state index in [1.165, 1.54) is 142 Å². The van der Waals surface area contributed by atoms with Gasteiger partial charge in [-0.1, -0.05) is 55.7 Å². The predicted molar refractivity (Wildman–Crippen MR) is 194 cm³/mol. The maximum Gasteiger partial charge on any atom is 0.0169 e. The Hall–Kier alpha value is -1.06. The van der Waals surface area contributed by atoms with Gasteiger partial charge in [-0.2, -0.15) is 0 Å². The van der Waals surface area contributed by atoms with Crippen LogP contribution in [0.4, 0.5) is 0 Å². The molecule has 0 unspecified atom stereocenters. The van der Waals surface area contributed by atoms with Gasteiger partial charge in [0.2, 0.25) is 0 Å². The molecule has 0 aromatic heterocycles. The SMILES string of the molecule is C/C=C\C.CCCN1CCCN(C/C=C/C(C)=C/CN2CCCN3CCN(CCCNCC2)CC3)CCCCCCNCC1. The van der Waals surface area contributed by atoms with E-state index in [0.29, 0.717) is 0 Å². The number of hydrogen-bond donors (Lipinski definition) is 2. The minimum Gasteiger partial charge on any atom is -0.315 e. The van der Waals surface area contributed by atoms with Gasteiger partial charge < -0.3 is 25.3 Å². The van der Waals surface area contributed by atoms with Crippen molar-refractivity contribution in [2.45, 2.75) is 79.1 Å². The van der Waals surface area contributed by atoms with Crippen LogP contribution in [0.3, 0.4) is 0 Å². The highest BCUT2D eigenvalue weighted by molar-refractivity contribution is 5.16. The summed E-state index contributed by atoms with van der Waals surface area (Å²) in [5.74, 6) is 0. The zero-order chi connectivity index (χ0) is 31.5. The van der Waals surface area contributed by atoms with Gasteiger partial charge in [-0.25, -0.2) is 0 Å². The van der Waals surface area contributed by atoms with Gasteiger partial charge in [0.1, 0.15) is 0 Å². The monoisotopic (exact) mass is 616 g/mol. The number of piperazine rings is 1. The van der Waals surface area contributed by atoms with Crippen LogP contribution in [0.2, 0.25) is 0 Å². The van der Waals surface area contributed by atoms with Crippen LogP contribution < -0.4 is 10.6 Å². The Labute approximate surface area is 274 Å². The molecule has 4 aliphatic rings. The van der Waals surface area contributed by atoms with Crippen LogP contribution in [0.1, 0.15) is 79.1 Å². The first kappa shape index (κ1) is 39.1. The average Bonchev–Trinajstić information content (AvgIpc) is 3.04. The van der Waals surface area contributed by atoms with Crippen LogP contribution in [0.5, 0.6) is 0 Å². The minimum absolute atomic E-state index is 1.07. The van der Waals surface area contributed by atoms with E-state index < -0.39 is 0 Å². The minimum atomic E-state index is 1.07. The molecule has 2 bridgehead atoms. The Kier molecular flexibility index (Phi) is 24.1. The summed E-state index contributed by atoms with van der Waals surface area (Å²) in [5.41, 5.74) is 1.41. The number of nitrogens with zero attached hydrogens (tertiary/aromatic N) is 5. The van der Waals surface area contributed by atoms with E-state index in [-0.39, 0.29) is 0 Å². The second kappa shape index (κ2) is 27.1. The molecule has 4 rings (SSSR count). The second-order valence-corrected chi connectivity index (χ2v) is 13.1. The van der Waals surface area contributed by atoms with Crippen molar-refractivity contribution in [3.05, 3.63) is 36.0 Å². The first-order valence-corrected chi connectivity index (χ1v) is 18.6. The van der Waals surface area contributed by atoms with Crippen molar-refractivity contribution >= 4 is 0 Å². The highest BCUT2D eigenvalue weighted by atomic mass is 15.3. The fraction of sp³-hybridized carbons (Fsp3) is 0.838. The molecule has 0 amide bonds. The molecule has 44 heavy (non-hydrogen) atoms. The Morgan fingerprint density at radius 3 is 1.77 bits per heavy atom. The summed E-state index contributed by atoms with van der Waals surface area (Å²) < 4.78 is 0. The lowest BCUT2D eigenvalue weighted by atomic mass is 10.1. The normalized spacial score (nSPS) is 26.2. The van der Waals surface area contributed by atoms with Crippen LogP contribution in [0, 0.1) is 0 Å². The van der Waals surface area contributed by atoms with Crippen molar-refractivity contribution in [2.24, 2.45) is 0 Å². The maximum absolute atomic E-state index is 3.70. The molecule has 0 aliphatic carbocycles. The molecule has 7 heteroatoms. The predicted octanol–water partition coefficient (Wildman–Crippen LogP) is 4.94. The standard InChI is InChI=1S/C33H65N7.C4H8/c1-3-18-36-22-10-23-37(19-7-5-4-6-14-34-16-27-36)20-8-12-33(2)13-26-38-24-11-25-40-31-29-39(30-32-40)21-9-15-35-17-28-38;1-3-4-2/h8,12-13,34-35H,3-7,9-11,14-32H2,1-2H3;3-4H,1-2H3/b12-8+,33-13+;4-3-. The summed E-state index contributed by atoms with van der Waals surface area (Å²) in [6.45, 7) is 31.3. The van der Waals surface area contributed by atoms with Crippen molar-refractivity contribution < 1.29 is 0 Å². The molecular weight excluding hydrogens is 542 g/mol. The van der Waals surface area contributed by atoms with Crippen LogP contribution in [-0.2, 0) is 0 Å². The van der Waals surface area contributed by atoms with Crippen molar-refractivity contribution in [2.75, 3.05) is 124 Å². The number of allylic oxidation sites excluding steroid dienone is 4. The molecule has 4 aliphatic heterocycles. The second-order valence-electron chi connectivity index (χ2n) is 13.1. The lowest BCUT2D eigenvalue weighted by molar-refractivity contribution is 0.124. The van der Waals surface area contributed by atoms with Crippen LogP contribution >= 0.6 is 0 Å². The molecule has 0 saturated carbocycles. The molecule has 0 atom stereocenters. The molecule has 4 heterocycles. The van der Waals surface area contributed by atoms with Crippen LogP contribution in [0.25, 0.3) is 0 Å². The van der Waals surface area contributed by atoms with E-state index in [1.54, 1.807) is 0 Å². The lowest BCUT2D eigenvalue weighted by Gasteiger charge is -2.35. The Balaban J connectivity index is 0.00000159. The summed E-state index contributed by atoms with van der Waals surface area (Å²) in [6, 6.07) is 0. The van der Waals surface area contributed by atoms with E-state index in [1.807, 2.05) is 26.0 Å². The van der Waals surface area contributed by atoms with E-state index in [9.17, 15) is 0 Å². The fourth-order valence-electron chi connectivity index (χ4n) is 6.33. The number of hydrogen-bond acceptors (Lipinski definition) is 7. The van der Waals surface area contributed by atoms with E-state index in [2.05, 4.69) is 67.2 Å². The van der Waals surface area contributed by atoms with E-state index >= 15 is 0 Å². The largest absolute Gasteiger partial charge is 0.315 e. The molecule has 0 aromatic rings. The Bertz CT molecular complexity index is 737. The summed E-state index contributed by atoms with van der Waals surface area (Å²) >= 11 is 0. The third-order valence-corrected chi connectivity index (χ3v) is 9.27. The molecule has 0 aromatic carbocycles. The zero-order valence-corrected chi connectivity index (χ0v) is 29.7. The van der Waals surface area contributed by atoms with Crippen LogP contribution in [0.15, 0.2) is 36.0 Å². The van der Waals surface area contributed by atoms with Gasteiger partial charge in [0, 0.05) is 65.4 Å². The molecule has 0 spiro atoms. The van der Waals surface area contributed by atoms with E-state index in [0.717, 1.165) is 39.3 Å². The molecule has 7 nitrogen and oxygen atoms in total. The highest BCUT2D eigenvalue weighted by Gasteiger charge is 2.17. The summed E-state index contributed by atoms with van der Waals surface area (Å²) in [4.78, 5) is 13.4. The number of rotatable bonds is 7. The maximum atomic E-state index is 3.70. The van der Waals surface area contributed by atoms with Gasteiger partial charge in [-0.3, -0.25) is 9.80 Å². The number of nitrogens with one attached hydrogen (secondary N) is 2. The molecule has 0 radical (unpaired) electrons. The van der Waals surface area contributed by atoms with Gasteiger partial charge in [-0.05, 0) is 118 Å². The summed E-state index contributed by atoms with van der Waals surface area (Å²) in [7, 11) is 0. The molecule has 4 saturated heterocycles. The smallest absolute Gasteiger partial charge is 0.0169 e. The third-order valence-electron chi connectivity index (χ3n) is 9.27. The van der Waals surface area contributed by atoms with Crippen molar-refractivity contribution in [3.63, 3.8) is 0 Å². The first-order chi connectivity index (χ1) is 21.6. The Morgan fingerprint density at radius 1 is 0.545 bits per heavy atom. The van der Waals surface area contributed by atoms with Crippen molar-refractivity contribution in [1.82, 2.24) is 35.1 Å². The Morgan fingerprint density at radius 2 is 1.09 bits per heavy atom. The lowest BCUT2D eigenvalue weighted by Crippen LogP contribution is -2.48. The quantitative estimate of drug-likeness (QED) is 0.311.